The van der Waals surface area contributed by atoms with E-state index < -0.39 is 71.1 Å². The molecule has 14 heteroatoms. The SMILES string of the molecule is CC(F)(c1ccc2c(c1)CC[C@H]1[C@H](CC(=O)C3(O)CCN(S(C)(=O)=O)CC3)CC[C@@]21S(=O)(=O)c1ccc(F)cc1)C(F)(F)F. The fourth-order valence-corrected chi connectivity index (χ4v) is 10.7. The molecule has 242 valence electrons. The van der Waals surface area contributed by atoms with Gasteiger partial charge in [-0.1, -0.05) is 18.2 Å². The lowest BCUT2D eigenvalue weighted by atomic mass is 9.71. The number of piperidine rings is 1. The third-order valence-corrected chi connectivity index (χ3v) is 13.9. The second kappa shape index (κ2) is 10.8. The molecule has 3 aliphatic rings. The van der Waals surface area contributed by atoms with Gasteiger partial charge < -0.3 is 5.11 Å². The molecule has 1 heterocycles. The Hall–Kier alpha value is -2.42. The van der Waals surface area contributed by atoms with Gasteiger partial charge in [-0.2, -0.15) is 13.2 Å². The highest BCUT2D eigenvalue weighted by Crippen LogP contribution is 2.60. The predicted molar refractivity (Wildman–Crippen MR) is 151 cm³/mol. The van der Waals surface area contributed by atoms with E-state index in [1.54, 1.807) is 0 Å². The first-order chi connectivity index (χ1) is 20.2. The van der Waals surface area contributed by atoms with Crippen molar-refractivity contribution in [3.63, 3.8) is 0 Å². The van der Waals surface area contributed by atoms with Crippen molar-refractivity contribution < 1.29 is 48.7 Å². The Balaban J connectivity index is 1.53. The number of ketones is 1. The first-order valence-corrected chi connectivity index (χ1v) is 17.7. The number of aliphatic hydroxyl groups is 1. The van der Waals surface area contributed by atoms with E-state index in [4.69, 9.17) is 0 Å². The molecule has 5 rings (SSSR count). The van der Waals surface area contributed by atoms with Crippen LogP contribution >= 0.6 is 0 Å². The number of carbonyl (C=O) groups is 1. The minimum absolute atomic E-state index is 0.00805. The maximum atomic E-state index is 14.9. The van der Waals surface area contributed by atoms with E-state index in [1.165, 1.54) is 10.4 Å². The van der Waals surface area contributed by atoms with Gasteiger partial charge in [0.15, 0.2) is 15.6 Å². The number of hydrogen-bond donors (Lipinski definition) is 1. The second-order valence-electron chi connectivity index (χ2n) is 12.5. The molecule has 2 aromatic carbocycles. The van der Waals surface area contributed by atoms with Gasteiger partial charge in [-0.25, -0.2) is 29.9 Å². The Morgan fingerprint density at radius 1 is 0.977 bits per heavy atom. The lowest BCUT2D eigenvalue weighted by Gasteiger charge is -2.43. The number of Topliss-reactive ketones (excluding diaryl/α,β-unsaturated/α-hetero) is 1. The van der Waals surface area contributed by atoms with Crippen LogP contribution in [-0.4, -0.2) is 63.2 Å². The molecule has 2 aromatic rings. The largest absolute Gasteiger partial charge is 0.426 e. The van der Waals surface area contributed by atoms with Crippen LogP contribution in [0.5, 0.6) is 0 Å². The topological polar surface area (TPSA) is 109 Å². The predicted octanol–water partition coefficient (Wildman–Crippen LogP) is 4.96. The number of sulfone groups is 1. The highest BCUT2D eigenvalue weighted by Gasteiger charge is 2.61. The fourth-order valence-electron chi connectivity index (χ4n) is 7.39. The fraction of sp³-hybridized carbons (Fsp3) is 0.567. The van der Waals surface area contributed by atoms with Crippen LogP contribution in [0.1, 0.15) is 62.1 Å². The summed E-state index contributed by atoms with van der Waals surface area (Å²) in [6.45, 7) is 0.325. The van der Waals surface area contributed by atoms with Gasteiger partial charge in [0.05, 0.1) is 11.2 Å². The van der Waals surface area contributed by atoms with E-state index in [2.05, 4.69) is 0 Å². The zero-order valence-electron chi connectivity index (χ0n) is 24.2. The van der Waals surface area contributed by atoms with Crippen LogP contribution in [0.15, 0.2) is 47.4 Å². The number of fused-ring (bicyclic) bond motifs is 3. The van der Waals surface area contributed by atoms with Crippen molar-refractivity contribution in [1.82, 2.24) is 4.31 Å². The first-order valence-electron chi connectivity index (χ1n) is 14.3. The Morgan fingerprint density at radius 3 is 2.16 bits per heavy atom. The summed E-state index contributed by atoms with van der Waals surface area (Å²) in [5, 5.41) is 11.2. The van der Waals surface area contributed by atoms with Crippen LogP contribution in [0.4, 0.5) is 22.0 Å². The van der Waals surface area contributed by atoms with Gasteiger partial charge in [-0.3, -0.25) is 4.79 Å². The molecule has 1 saturated heterocycles. The number of carbonyl (C=O) groups excluding carboxylic acids is 1. The van der Waals surface area contributed by atoms with Gasteiger partial charge in [0.2, 0.25) is 15.7 Å². The number of sulfonamides is 1. The van der Waals surface area contributed by atoms with Gasteiger partial charge in [-0.15, -0.1) is 0 Å². The molecule has 4 atom stereocenters. The van der Waals surface area contributed by atoms with Crippen molar-refractivity contribution in [2.24, 2.45) is 11.8 Å². The molecule has 1 aliphatic heterocycles. The van der Waals surface area contributed by atoms with Crippen molar-refractivity contribution >= 4 is 25.6 Å². The van der Waals surface area contributed by atoms with Crippen LogP contribution in [0, 0.1) is 17.7 Å². The van der Waals surface area contributed by atoms with Gasteiger partial charge >= 0.3 is 6.18 Å². The summed E-state index contributed by atoms with van der Waals surface area (Å²) in [6, 6.07) is 7.50. The minimum atomic E-state index is -5.20. The molecule has 1 N–H and O–H groups in total. The number of halogens is 5. The standard InChI is InChI=1S/C30H34F5NO6S2/c1-27(32,30(33,34)35)21-4-10-25-19(17-21)3-9-24-20(18-26(37)28(38)13-15-36(16-14-28)43(2,39)40)11-12-29(24,25)44(41,42)23-7-5-22(31)6-8-23/h4-8,10,17,20,24,38H,3,9,11-16,18H2,1-2H3/t20-,24-,27?,29-/m0/s1. The van der Waals surface area contributed by atoms with Crippen molar-refractivity contribution in [3.05, 3.63) is 65.0 Å². The van der Waals surface area contributed by atoms with E-state index in [-0.39, 0.29) is 74.1 Å². The Bertz CT molecular complexity index is 1670. The summed E-state index contributed by atoms with van der Waals surface area (Å²) in [6.07, 6.45) is -3.99. The summed E-state index contributed by atoms with van der Waals surface area (Å²) in [5.74, 6) is -2.39. The average molecular weight is 664 g/mol. The normalized spacial score (nSPS) is 27.3. The van der Waals surface area contributed by atoms with E-state index >= 15 is 0 Å². The summed E-state index contributed by atoms with van der Waals surface area (Å²) in [5.41, 5.74) is -5.61. The van der Waals surface area contributed by atoms with Crippen molar-refractivity contribution in [3.8, 4) is 0 Å². The van der Waals surface area contributed by atoms with Crippen LogP contribution < -0.4 is 0 Å². The van der Waals surface area contributed by atoms with Crippen molar-refractivity contribution in [2.45, 2.75) is 79.0 Å². The van der Waals surface area contributed by atoms with Crippen molar-refractivity contribution in [1.29, 1.82) is 0 Å². The zero-order valence-corrected chi connectivity index (χ0v) is 25.8. The average Bonchev–Trinajstić information content (AvgIpc) is 3.32. The molecule has 2 aliphatic carbocycles. The van der Waals surface area contributed by atoms with Crippen LogP contribution in [0.2, 0.25) is 0 Å². The highest BCUT2D eigenvalue weighted by molar-refractivity contribution is 7.92. The van der Waals surface area contributed by atoms with E-state index in [0.29, 0.717) is 6.92 Å². The number of nitrogens with zero attached hydrogens (tertiary/aromatic N) is 1. The Labute approximate surface area is 253 Å². The molecule has 0 amide bonds. The second-order valence-corrected chi connectivity index (χ2v) is 16.7. The zero-order chi connectivity index (χ0) is 32.5. The smallest absolute Gasteiger partial charge is 0.382 e. The number of aryl methyl sites for hydroxylation is 1. The summed E-state index contributed by atoms with van der Waals surface area (Å²) >= 11 is 0. The monoisotopic (exact) mass is 663 g/mol. The van der Waals surface area contributed by atoms with Gasteiger partial charge in [0, 0.05) is 19.5 Å². The molecule has 1 unspecified atom stereocenters. The molecule has 0 radical (unpaired) electrons. The first kappa shape index (κ1) is 33.0. The van der Waals surface area contributed by atoms with E-state index in [9.17, 15) is 48.7 Å². The minimum Gasteiger partial charge on any atom is -0.382 e. The molecule has 0 bridgehead atoms. The Kier molecular flexibility index (Phi) is 8.12. The molecule has 7 nitrogen and oxygen atoms in total. The maximum Gasteiger partial charge on any atom is 0.426 e. The summed E-state index contributed by atoms with van der Waals surface area (Å²) in [7, 11) is -7.84. The highest BCUT2D eigenvalue weighted by atomic mass is 32.2. The molecule has 0 spiro atoms. The molecular weight excluding hydrogens is 629 g/mol. The molecular formula is C30H34F5NO6S2. The third-order valence-electron chi connectivity index (χ3n) is 10.0. The number of rotatable bonds is 7. The van der Waals surface area contributed by atoms with E-state index in [0.717, 1.165) is 42.7 Å². The maximum absolute atomic E-state index is 14.9. The summed E-state index contributed by atoms with van der Waals surface area (Å²) in [4.78, 5) is 13.3. The van der Waals surface area contributed by atoms with Gasteiger partial charge in [0.25, 0.3) is 0 Å². The quantitative estimate of drug-likeness (QED) is 0.332. The molecule has 0 aromatic heterocycles. The lowest BCUT2D eigenvalue weighted by Crippen LogP contribution is -2.51. The summed E-state index contributed by atoms with van der Waals surface area (Å²) < 4.78 is 122. The number of hydrogen-bond acceptors (Lipinski definition) is 6. The lowest BCUT2D eigenvalue weighted by molar-refractivity contribution is -0.228. The molecule has 1 saturated carbocycles. The Morgan fingerprint density at radius 2 is 1.59 bits per heavy atom. The number of benzene rings is 2. The van der Waals surface area contributed by atoms with E-state index in [1.807, 2.05) is 0 Å². The van der Waals surface area contributed by atoms with Gasteiger partial charge in [0.1, 0.15) is 16.2 Å². The van der Waals surface area contributed by atoms with Crippen LogP contribution in [-0.2, 0) is 41.5 Å². The third kappa shape index (κ3) is 5.28. The molecule has 2 fully saturated rings. The van der Waals surface area contributed by atoms with Crippen LogP contribution in [0.3, 0.4) is 0 Å². The van der Waals surface area contributed by atoms with Crippen molar-refractivity contribution in [2.75, 3.05) is 19.3 Å². The molecule has 44 heavy (non-hydrogen) atoms. The number of alkyl halides is 4. The van der Waals surface area contributed by atoms with Gasteiger partial charge in [-0.05, 0) is 98.2 Å². The van der Waals surface area contributed by atoms with Crippen LogP contribution in [0.25, 0.3) is 0 Å².